The summed E-state index contributed by atoms with van der Waals surface area (Å²) in [5, 5.41) is 18.1. The van der Waals surface area contributed by atoms with Crippen molar-refractivity contribution in [2.24, 2.45) is 0 Å². The quantitative estimate of drug-likeness (QED) is 0.760. The van der Waals surface area contributed by atoms with Crippen molar-refractivity contribution in [1.82, 2.24) is 0 Å². The Labute approximate surface area is 140 Å². The maximum Gasteiger partial charge on any atom is 0.164 e. The van der Waals surface area contributed by atoms with Crippen molar-refractivity contribution in [3.8, 4) is 0 Å². The molecule has 0 bridgehead atoms. The first-order valence-electron chi connectivity index (χ1n) is 8.04. The molecule has 4 nitrogen and oxygen atoms in total. The normalized spacial score (nSPS) is 27.0. The summed E-state index contributed by atoms with van der Waals surface area (Å²) < 4.78 is 11.4. The lowest BCUT2D eigenvalue weighted by atomic mass is 10.2. The first kappa shape index (κ1) is 21.8. The Morgan fingerprint density at radius 2 is 1.09 bits per heavy atom. The Bertz CT molecular complexity index is 383. The lowest BCUT2D eigenvalue weighted by Gasteiger charge is -2.15. The van der Waals surface area contributed by atoms with Crippen molar-refractivity contribution in [2.75, 3.05) is 0 Å². The second-order valence-corrected chi connectivity index (χ2v) is 5.65. The standard InChI is InChI=1S/C11H18O2.C8H14O2/c1-5-7-9-10(8-6-2)13-11(3,4)12-9;1-3-5-7(9)8(10)6-4-2/h5-10H,1-4H3;3-10H,1-2H3/b7-5+,8-6+;5-3+,6-4+/t9-,10-;7-,8-/m11/s1. The molecule has 4 heteroatoms. The van der Waals surface area contributed by atoms with Gasteiger partial charge in [0.15, 0.2) is 5.79 Å². The van der Waals surface area contributed by atoms with Crippen LogP contribution >= 0.6 is 0 Å². The van der Waals surface area contributed by atoms with E-state index >= 15 is 0 Å². The van der Waals surface area contributed by atoms with E-state index in [-0.39, 0.29) is 12.2 Å². The number of aliphatic hydroxyl groups excluding tert-OH is 2. The molecule has 0 amide bonds. The van der Waals surface area contributed by atoms with E-state index in [0.717, 1.165) is 0 Å². The molecule has 1 heterocycles. The zero-order valence-electron chi connectivity index (χ0n) is 15.1. The van der Waals surface area contributed by atoms with Gasteiger partial charge in [0.05, 0.1) is 0 Å². The van der Waals surface area contributed by atoms with Gasteiger partial charge in [-0.25, -0.2) is 0 Å². The zero-order chi connectivity index (χ0) is 17.9. The molecular formula is C19H32O4. The van der Waals surface area contributed by atoms with E-state index in [0.29, 0.717) is 0 Å². The van der Waals surface area contributed by atoms with Gasteiger partial charge in [0.2, 0.25) is 0 Å². The minimum Gasteiger partial charge on any atom is -0.386 e. The van der Waals surface area contributed by atoms with Crippen molar-refractivity contribution in [2.45, 2.75) is 71.7 Å². The van der Waals surface area contributed by atoms with Crippen molar-refractivity contribution in [3.63, 3.8) is 0 Å². The Morgan fingerprint density at radius 1 is 0.739 bits per heavy atom. The first-order valence-corrected chi connectivity index (χ1v) is 8.04. The van der Waals surface area contributed by atoms with Crippen LogP contribution in [0.3, 0.4) is 0 Å². The van der Waals surface area contributed by atoms with E-state index in [4.69, 9.17) is 19.7 Å². The molecule has 23 heavy (non-hydrogen) atoms. The Morgan fingerprint density at radius 3 is 1.35 bits per heavy atom. The van der Waals surface area contributed by atoms with Crippen molar-refractivity contribution < 1.29 is 19.7 Å². The number of hydrogen-bond donors (Lipinski definition) is 2. The molecular weight excluding hydrogens is 292 g/mol. The smallest absolute Gasteiger partial charge is 0.164 e. The highest BCUT2D eigenvalue weighted by Crippen LogP contribution is 2.29. The summed E-state index contributed by atoms with van der Waals surface area (Å²) in [7, 11) is 0. The lowest BCUT2D eigenvalue weighted by Crippen LogP contribution is -2.20. The van der Waals surface area contributed by atoms with Crippen LogP contribution in [0.5, 0.6) is 0 Å². The van der Waals surface area contributed by atoms with E-state index < -0.39 is 18.0 Å². The predicted octanol–water partition coefficient (Wildman–Crippen LogP) is 3.52. The molecule has 0 spiro atoms. The van der Waals surface area contributed by atoms with Crippen LogP contribution in [0.15, 0.2) is 48.6 Å². The lowest BCUT2D eigenvalue weighted by molar-refractivity contribution is -0.139. The first-order chi connectivity index (χ1) is 10.8. The van der Waals surface area contributed by atoms with Crippen LogP contribution in [0.1, 0.15) is 41.5 Å². The van der Waals surface area contributed by atoms with E-state index in [2.05, 4.69) is 0 Å². The molecule has 0 unspecified atom stereocenters. The third kappa shape index (κ3) is 8.86. The van der Waals surface area contributed by atoms with E-state index in [1.54, 1.807) is 38.2 Å². The van der Waals surface area contributed by atoms with Crippen LogP contribution in [-0.2, 0) is 9.47 Å². The third-order valence-corrected chi connectivity index (χ3v) is 3.06. The number of ether oxygens (including phenoxy) is 2. The largest absolute Gasteiger partial charge is 0.386 e. The maximum absolute atomic E-state index is 9.06. The van der Waals surface area contributed by atoms with Crippen LogP contribution in [0.2, 0.25) is 0 Å². The Hall–Kier alpha value is -1.20. The fraction of sp³-hybridized carbons (Fsp3) is 0.579. The Kier molecular flexibility index (Phi) is 10.8. The second-order valence-electron chi connectivity index (χ2n) is 5.65. The van der Waals surface area contributed by atoms with Crippen LogP contribution in [0, 0.1) is 0 Å². The summed E-state index contributed by atoms with van der Waals surface area (Å²) in [6.07, 6.45) is 13.1. The van der Waals surface area contributed by atoms with Gasteiger partial charge in [0, 0.05) is 0 Å². The van der Waals surface area contributed by atoms with Gasteiger partial charge in [-0.3, -0.25) is 0 Å². The molecule has 0 aromatic rings. The zero-order valence-corrected chi connectivity index (χ0v) is 15.1. The van der Waals surface area contributed by atoms with Gasteiger partial charge in [0.1, 0.15) is 24.4 Å². The van der Waals surface area contributed by atoms with Gasteiger partial charge >= 0.3 is 0 Å². The summed E-state index contributed by atoms with van der Waals surface area (Å²) in [6.45, 7) is 11.4. The molecule has 1 rings (SSSR count). The van der Waals surface area contributed by atoms with Gasteiger partial charge in [-0.15, -0.1) is 0 Å². The molecule has 1 saturated heterocycles. The van der Waals surface area contributed by atoms with Gasteiger partial charge in [-0.1, -0.05) is 48.6 Å². The van der Waals surface area contributed by atoms with Crippen molar-refractivity contribution in [1.29, 1.82) is 0 Å². The number of hydrogen-bond acceptors (Lipinski definition) is 4. The summed E-state index contributed by atoms with van der Waals surface area (Å²) >= 11 is 0. The number of allylic oxidation sites excluding steroid dienone is 4. The van der Waals surface area contributed by atoms with Crippen LogP contribution in [-0.4, -0.2) is 40.4 Å². The van der Waals surface area contributed by atoms with E-state index in [1.807, 2.05) is 52.0 Å². The Balaban J connectivity index is 0.000000438. The summed E-state index contributed by atoms with van der Waals surface area (Å²) in [5.41, 5.74) is 0. The van der Waals surface area contributed by atoms with Crippen molar-refractivity contribution >= 4 is 0 Å². The molecule has 0 saturated carbocycles. The average Bonchev–Trinajstić information content (AvgIpc) is 2.75. The molecule has 0 aromatic heterocycles. The third-order valence-electron chi connectivity index (χ3n) is 3.06. The average molecular weight is 324 g/mol. The topological polar surface area (TPSA) is 58.9 Å². The van der Waals surface area contributed by atoms with Gasteiger partial charge in [0.25, 0.3) is 0 Å². The maximum atomic E-state index is 9.06. The monoisotopic (exact) mass is 324 g/mol. The molecule has 1 aliphatic rings. The molecule has 132 valence electrons. The minimum atomic E-state index is -0.777. The van der Waals surface area contributed by atoms with Crippen LogP contribution < -0.4 is 0 Å². The number of rotatable bonds is 5. The molecule has 0 aliphatic carbocycles. The molecule has 0 radical (unpaired) electrons. The minimum absolute atomic E-state index is 0.0520. The summed E-state index contributed by atoms with van der Waals surface area (Å²) in [4.78, 5) is 0. The predicted molar refractivity (Wildman–Crippen MR) is 95.1 cm³/mol. The van der Waals surface area contributed by atoms with E-state index in [1.165, 1.54) is 0 Å². The van der Waals surface area contributed by atoms with Gasteiger partial charge in [-0.05, 0) is 41.5 Å². The highest BCUT2D eigenvalue weighted by molar-refractivity contribution is 5.04. The molecule has 2 N–H and O–H groups in total. The molecule has 1 aliphatic heterocycles. The summed E-state index contributed by atoms with van der Waals surface area (Å²) in [6, 6.07) is 0. The highest BCUT2D eigenvalue weighted by atomic mass is 16.7. The van der Waals surface area contributed by atoms with Crippen LogP contribution in [0.4, 0.5) is 0 Å². The fourth-order valence-corrected chi connectivity index (χ4v) is 2.12. The van der Waals surface area contributed by atoms with Gasteiger partial charge < -0.3 is 19.7 Å². The molecule has 4 atom stereocenters. The fourth-order valence-electron chi connectivity index (χ4n) is 2.12. The highest BCUT2D eigenvalue weighted by Gasteiger charge is 2.38. The SMILES string of the molecule is C/C=C/[C@@H](O)[C@H](O)/C=C/C.C/C=C/[C@H]1OC(C)(C)O[C@@H]1/C=C/C. The van der Waals surface area contributed by atoms with E-state index in [9.17, 15) is 0 Å². The van der Waals surface area contributed by atoms with Gasteiger partial charge in [-0.2, -0.15) is 0 Å². The van der Waals surface area contributed by atoms with Crippen molar-refractivity contribution in [3.05, 3.63) is 48.6 Å². The number of aliphatic hydroxyl groups is 2. The molecule has 1 fully saturated rings. The molecule has 0 aromatic carbocycles. The van der Waals surface area contributed by atoms with Crippen LogP contribution in [0.25, 0.3) is 0 Å². The second kappa shape index (κ2) is 11.4. The summed E-state index contributed by atoms with van der Waals surface area (Å²) in [5.74, 6) is -0.464.